The first-order valence-corrected chi connectivity index (χ1v) is 6.66. The molecule has 23 heavy (non-hydrogen) atoms. The normalized spacial score (nSPS) is 10.5. The SMILES string of the molecule is O=C(N/N=C\c1ccc(O)c([N+](=O)[O-])c1)Nc1ccc(Cl)cc1. The molecule has 0 bridgehead atoms. The maximum atomic E-state index is 11.6. The maximum Gasteiger partial charge on any atom is 0.339 e. The van der Waals surface area contributed by atoms with Crippen molar-refractivity contribution in [3.8, 4) is 5.75 Å². The van der Waals surface area contributed by atoms with Gasteiger partial charge in [-0.1, -0.05) is 11.6 Å². The van der Waals surface area contributed by atoms with E-state index in [9.17, 15) is 20.0 Å². The molecule has 0 saturated heterocycles. The number of benzene rings is 2. The Balaban J connectivity index is 1.96. The smallest absolute Gasteiger partial charge is 0.339 e. The molecule has 0 aromatic heterocycles. The van der Waals surface area contributed by atoms with Gasteiger partial charge in [-0.15, -0.1) is 0 Å². The van der Waals surface area contributed by atoms with E-state index in [2.05, 4.69) is 15.8 Å². The molecule has 0 aliphatic heterocycles. The molecule has 0 heterocycles. The van der Waals surface area contributed by atoms with Crippen LogP contribution in [0, 0.1) is 10.1 Å². The van der Waals surface area contributed by atoms with Gasteiger partial charge < -0.3 is 10.4 Å². The van der Waals surface area contributed by atoms with Crippen molar-refractivity contribution in [3.05, 3.63) is 63.2 Å². The molecule has 2 aromatic rings. The third-order valence-corrected chi connectivity index (χ3v) is 2.93. The van der Waals surface area contributed by atoms with Gasteiger partial charge in [0.25, 0.3) is 0 Å². The Bertz CT molecular complexity index is 762. The van der Waals surface area contributed by atoms with Crippen LogP contribution in [0.25, 0.3) is 0 Å². The van der Waals surface area contributed by atoms with Crippen LogP contribution in [0.4, 0.5) is 16.2 Å². The lowest BCUT2D eigenvalue weighted by Gasteiger charge is -2.03. The number of anilines is 1. The van der Waals surface area contributed by atoms with Gasteiger partial charge in [-0.2, -0.15) is 5.10 Å². The Labute approximate surface area is 135 Å². The number of nitro benzene ring substituents is 1. The van der Waals surface area contributed by atoms with E-state index in [0.717, 1.165) is 6.07 Å². The number of hydrazone groups is 1. The summed E-state index contributed by atoms with van der Waals surface area (Å²) in [5.41, 5.74) is 2.65. The van der Waals surface area contributed by atoms with Crippen LogP contribution in [0.15, 0.2) is 47.6 Å². The number of nitrogens with one attached hydrogen (secondary N) is 2. The number of hydrogen-bond acceptors (Lipinski definition) is 5. The second kappa shape index (κ2) is 7.23. The van der Waals surface area contributed by atoms with E-state index in [1.165, 1.54) is 18.3 Å². The van der Waals surface area contributed by atoms with Crippen molar-refractivity contribution in [2.75, 3.05) is 5.32 Å². The minimum Gasteiger partial charge on any atom is -0.502 e. The molecule has 118 valence electrons. The number of halogens is 1. The lowest BCUT2D eigenvalue weighted by Crippen LogP contribution is -2.24. The van der Waals surface area contributed by atoms with Crippen LogP contribution in [0.3, 0.4) is 0 Å². The van der Waals surface area contributed by atoms with Crippen molar-refractivity contribution in [1.29, 1.82) is 0 Å². The zero-order chi connectivity index (χ0) is 16.8. The van der Waals surface area contributed by atoms with Crippen molar-refractivity contribution < 1.29 is 14.8 Å². The van der Waals surface area contributed by atoms with Gasteiger partial charge in [0.2, 0.25) is 0 Å². The highest BCUT2D eigenvalue weighted by molar-refractivity contribution is 6.30. The molecule has 0 spiro atoms. The van der Waals surface area contributed by atoms with E-state index >= 15 is 0 Å². The van der Waals surface area contributed by atoms with Crippen LogP contribution < -0.4 is 10.7 Å². The largest absolute Gasteiger partial charge is 0.502 e. The van der Waals surface area contributed by atoms with E-state index < -0.39 is 22.4 Å². The maximum absolute atomic E-state index is 11.6. The second-order valence-electron chi connectivity index (χ2n) is 4.34. The number of nitrogens with zero attached hydrogens (tertiary/aromatic N) is 2. The van der Waals surface area contributed by atoms with Crippen LogP contribution in [-0.4, -0.2) is 22.3 Å². The number of aromatic hydroxyl groups is 1. The van der Waals surface area contributed by atoms with Crippen molar-refractivity contribution in [2.24, 2.45) is 5.10 Å². The summed E-state index contributed by atoms with van der Waals surface area (Å²) in [6, 6.07) is 9.63. The van der Waals surface area contributed by atoms with Crippen LogP contribution in [0.1, 0.15) is 5.56 Å². The predicted octanol–water partition coefficient (Wildman–Crippen LogP) is 3.11. The molecule has 0 fully saturated rings. The number of hydrogen-bond donors (Lipinski definition) is 3. The number of amides is 2. The fourth-order valence-electron chi connectivity index (χ4n) is 1.62. The molecule has 8 nitrogen and oxygen atoms in total. The van der Waals surface area contributed by atoms with Gasteiger partial charge in [0.15, 0.2) is 5.75 Å². The number of carbonyl (C=O) groups is 1. The molecule has 0 atom stereocenters. The number of urea groups is 1. The number of phenolic OH excluding ortho intramolecular Hbond substituents is 1. The molecule has 2 aromatic carbocycles. The molecule has 0 aliphatic rings. The topological polar surface area (TPSA) is 117 Å². The molecule has 2 amide bonds. The Morgan fingerprint density at radius 3 is 2.61 bits per heavy atom. The van der Waals surface area contributed by atoms with Gasteiger partial charge in [-0.05, 0) is 36.4 Å². The molecule has 2 rings (SSSR count). The summed E-state index contributed by atoms with van der Waals surface area (Å²) in [6.45, 7) is 0. The van der Waals surface area contributed by atoms with Crippen LogP contribution in [-0.2, 0) is 0 Å². The van der Waals surface area contributed by atoms with Crippen molar-refractivity contribution in [1.82, 2.24) is 5.43 Å². The minimum atomic E-state index is -0.715. The summed E-state index contributed by atoms with van der Waals surface area (Å²) in [5, 5.41) is 26.8. The second-order valence-corrected chi connectivity index (χ2v) is 4.77. The monoisotopic (exact) mass is 334 g/mol. The van der Waals surface area contributed by atoms with Crippen LogP contribution >= 0.6 is 11.6 Å². The summed E-state index contributed by atoms with van der Waals surface area (Å²) in [5.74, 6) is -0.444. The minimum absolute atomic E-state index is 0.348. The Morgan fingerprint density at radius 1 is 1.26 bits per heavy atom. The van der Waals surface area contributed by atoms with Gasteiger partial charge in [0, 0.05) is 22.3 Å². The van der Waals surface area contributed by atoms with E-state index in [1.54, 1.807) is 24.3 Å². The van der Waals surface area contributed by atoms with Gasteiger partial charge in [-0.3, -0.25) is 10.1 Å². The summed E-state index contributed by atoms with van der Waals surface area (Å²) in [7, 11) is 0. The van der Waals surface area contributed by atoms with Gasteiger partial charge >= 0.3 is 11.7 Å². The van der Waals surface area contributed by atoms with Crippen molar-refractivity contribution >= 4 is 35.2 Å². The van der Waals surface area contributed by atoms with Gasteiger partial charge in [0.1, 0.15) is 0 Å². The van der Waals surface area contributed by atoms with Crippen LogP contribution in [0.5, 0.6) is 5.75 Å². The van der Waals surface area contributed by atoms with E-state index in [0.29, 0.717) is 16.3 Å². The van der Waals surface area contributed by atoms with Crippen molar-refractivity contribution in [2.45, 2.75) is 0 Å². The number of rotatable bonds is 4. The zero-order valence-corrected chi connectivity index (χ0v) is 12.3. The highest BCUT2D eigenvalue weighted by atomic mass is 35.5. The number of nitro groups is 1. The summed E-state index contributed by atoms with van der Waals surface area (Å²) < 4.78 is 0. The summed E-state index contributed by atoms with van der Waals surface area (Å²) in [6.07, 6.45) is 1.22. The zero-order valence-electron chi connectivity index (χ0n) is 11.6. The molecular formula is C14H11ClN4O4. The van der Waals surface area contributed by atoms with Crippen molar-refractivity contribution in [3.63, 3.8) is 0 Å². The van der Waals surface area contributed by atoms with Crippen LogP contribution in [0.2, 0.25) is 5.02 Å². The molecule has 0 aliphatic carbocycles. The average Bonchev–Trinajstić information content (AvgIpc) is 2.51. The Hall–Kier alpha value is -3.13. The van der Waals surface area contributed by atoms with E-state index in [-0.39, 0.29) is 0 Å². The van der Waals surface area contributed by atoms with Gasteiger partial charge in [-0.25, -0.2) is 10.2 Å². The Kier molecular flexibility index (Phi) is 5.11. The first-order valence-electron chi connectivity index (χ1n) is 6.29. The highest BCUT2D eigenvalue weighted by Gasteiger charge is 2.12. The standard InChI is InChI=1S/C14H11ClN4O4/c15-10-2-4-11(5-3-10)17-14(21)18-16-8-9-1-6-13(20)12(7-9)19(22)23/h1-8,20H,(H2,17,18,21)/b16-8-. The van der Waals surface area contributed by atoms with Gasteiger partial charge in [0.05, 0.1) is 11.1 Å². The van der Waals surface area contributed by atoms with E-state index in [1.807, 2.05) is 0 Å². The molecule has 0 radical (unpaired) electrons. The molecule has 3 N–H and O–H groups in total. The first-order chi connectivity index (χ1) is 11.0. The third kappa shape index (κ3) is 4.68. The fraction of sp³-hybridized carbons (Fsp3) is 0. The highest BCUT2D eigenvalue weighted by Crippen LogP contribution is 2.25. The third-order valence-electron chi connectivity index (χ3n) is 2.68. The summed E-state index contributed by atoms with van der Waals surface area (Å²) in [4.78, 5) is 21.6. The quantitative estimate of drug-likeness (QED) is 0.452. The Morgan fingerprint density at radius 2 is 1.96 bits per heavy atom. The van der Waals surface area contributed by atoms with E-state index in [4.69, 9.17) is 11.6 Å². The number of phenols is 1. The molecule has 0 unspecified atom stereocenters. The lowest BCUT2D eigenvalue weighted by molar-refractivity contribution is -0.385. The fourth-order valence-corrected chi connectivity index (χ4v) is 1.75. The molecular weight excluding hydrogens is 324 g/mol. The number of carbonyl (C=O) groups excluding carboxylic acids is 1. The molecule has 0 saturated carbocycles. The lowest BCUT2D eigenvalue weighted by atomic mass is 10.2. The molecule has 9 heteroatoms. The summed E-state index contributed by atoms with van der Waals surface area (Å²) >= 11 is 5.73. The average molecular weight is 335 g/mol. The first kappa shape index (κ1) is 16.2. The predicted molar refractivity (Wildman–Crippen MR) is 86.0 cm³/mol.